The van der Waals surface area contributed by atoms with Gasteiger partial charge in [-0.15, -0.1) is 0 Å². The minimum absolute atomic E-state index is 0.191. The van der Waals surface area contributed by atoms with Crippen LogP contribution in [-0.4, -0.2) is 29.4 Å². The average Bonchev–Trinajstić information content (AvgIpc) is 2.81. The van der Waals surface area contributed by atoms with Crippen molar-refractivity contribution >= 4 is 22.4 Å². The number of carbonyl (C=O) groups excluding carboxylic acids is 1. The molecule has 22 heavy (non-hydrogen) atoms. The summed E-state index contributed by atoms with van der Waals surface area (Å²) in [5.41, 5.74) is 2.39. The van der Waals surface area contributed by atoms with E-state index in [4.69, 9.17) is 0 Å². The Labute approximate surface area is 126 Å². The first-order chi connectivity index (χ1) is 10.6. The largest absolute Gasteiger partial charge is 0.378 e. The Hall–Kier alpha value is -2.95. The van der Waals surface area contributed by atoms with Crippen LogP contribution in [0.2, 0.25) is 0 Å². The number of ketones is 1. The Bertz CT molecular complexity index is 1000. The van der Waals surface area contributed by atoms with Gasteiger partial charge in [-0.05, 0) is 30.3 Å². The van der Waals surface area contributed by atoms with Crippen molar-refractivity contribution in [1.29, 1.82) is 0 Å². The van der Waals surface area contributed by atoms with Crippen molar-refractivity contribution in [2.75, 3.05) is 19.0 Å². The summed E-state index contributed by atoms with van der Waals surface area (Å²) >= 11 is 0. The number of aromatic nitrogens is 2. The second-order valence-corrected chi connectivity index (χ2v) is 5.52. The van der Waals surface area contributed by atoms with E-state index >= 15 is 0 Å². The molecule has 2 aromatic carbocycles. The Balaban J connectivity index is 2.12. The van der Waals surface area contributed by atoms with Gasteiger partial charge >= 0.3 is 0 Å². The number of fused-ring (bicyclic) bond motifs is 4. The molecule has 0 aliphatic carbocycles. The fourth-order valence-electron chi connectivity index (χ4n) is 2.81. The summed E-state index contributed by atoms with van der Waals surface area (Å²) in [5, 5.41) is 0.513. The van der Waals surface area contributed by atoms with Gasteiger partial charge < -0.3 is 4.90 Å². The van der Waals surface area contributed by atoms with E-state index in [1.807, 2.05) is 37.2 Å². The Morgan fingerprint density at radius 2 is 1.82 bits per heavy atom. The fraction of sp³-hybridized carbons (Fsp3) is 0.118. The van der Waals surface area contributed by atoms with Crippen LogP contribution in [0.3, 0.4) is 0 Å². The SMILES string of the molecule is CN(C)c1ccc2nc3n(c(=O)c2c1)-c1ccccc1C3=O. The minimum Gasteiger partial charge on any atom is -0.378 e. The normalized spacial score (nSPS) is 12.4. The second kappa shape index (κ2) is 4.27. The fourth-order valence-corrected chi connectivity index (χ4v) is 2.81. The number of hydrogen-bond donors (Lipinski definition) is 0. The molecule has 0 N–H and O–H groups in total. The van der Waals surface area contributed by atoms with E-state index in [9.17, 15) is 9.59 Å². The minimum atomic E-state index is -0.206. The van der Waals surface area contributed by atoms with Crippen LogP contribution < -0.4 is 10.5 Å². The lowest BCUT2D eigenvalue weighted by atomic mass is 10.1. The molecular weight excluding hydrogens is 278 g/mol. The molecule has 3 aromatic rings. The van der Waals surface area contributed by atoms with Crippen LogP contribution >= 0.6 is 0 Å². The van der Waals surface area contributed by atoms with Gasteiger partial charge in [-0.2, -0.15) is 0 Å². The number of benzene rings is 2. The van der Waals surface area contributed by atoms with Gasteiger partial charge in [0, 0.05) is 19.8 Å². The third-order valence-electron chi connectivity index (χ3n) is 3.96. The van der Waals surface area contributed by atoms with Crippen molar-refractivity contribution < 1.29 is 4.79 Å². The molecule has 0 amide bonds. The quantitative estimate of drug-likeness (QED) is 0.538. The van der Waals surface area contributed by atoms with Crippen LogP contribution in [0.4, 0.5) is 5.69 Å². The highest BCUT2D eigenvalue weighted by Gasteiger charge is 2.29. The molecule has 0 spiro atoms. The highest BCUT2D eigenvalue weighted by atomic mass is 16.1. The summed E-state index contributed by atoms with van der Waals surface area (Å²) in [6.07, 6.45) is 0. The standard InChI is InChI=1S/C17H13N3O2/c1-19(2)10-7-8-13-12(9-10)17(22)20-14-6-4-3-5-11(14)15(21)16(20)18-13/h3-9H,1-2H3. The number of hydrogen-bond acceptors (Lipinski definition) is 4. The van der Waals surface area contributed by atoms with E-state index in [-0.39, 0.29) is 17.2 Å². The van der Waals surface area contributed by atoms with Crippen molar-refractivity contribution in [1.82, 2.24) is 9.55 Å². The van der Waals surface area contributed by atoms with Crippen LogP contribution in [0.5, 0.6) is 0 Å². The van der Waals surface area contributed by atoms with E-state index in [1.165, 1.54) is 4.57 Å². The van der Waals surface area contributed by atoms with Crippen LogP contribution in [-0.2, 0) is 0 Å². The lowest BCUT2D eigenvalue weighted by Crippen LogP contribution is -2.22. The van der Waals surface area contributed by atoms with Crippen molar-refractivity contribution in [2.45, 2.75) is 0 Å². The average molecular weight is 291 g/mol. The molecule has 2 heterocycles. The zero-order chi connectivity index (χ0) is 15.4. The van der Waals surface area contributed by atoms with E-state index in [0.29, 0.717) is 22.2 Å². The molecule has 108 valence electrons. The first-order valence-electron chi connectivity index (χ1n) is 6.96. The Morgan fingerprint density at radius 1 is 1.05 bits per heavy atom. The van der Waals surface area contributed by atoms with Gasteiger partial charge in [0.05, 0.1) is 22.2 Å². The van der Waals surface area contributed by atoms with Crippen molar-refractivity contribution in [2.24, 2.45) is 0 Å². The Kier molecular flexibility index (Phi) is 2.48. The molecule has 0 radical (unpaired) electrons. The summed E-state index contributed by atoms with van der Waals surface area (Å²) in [7, 11) is 3.83. The third-order valence-corrected chi connectivity index (χ3v) is 3.96. The molecule has 1 aliphatic rings. The van der Waals surface area contributed by atoms with Crippen LogP contribution in [0, 0.1) is 0 Å². The van der Waals surface area contributed by atoms with E-state index < -0.39 is 0 Å². The van der Waals surface area contributed by atoms with Crippen LogP contribution in [0.15, 0.2) is 47.3 Å². The highest BCUT2D eigenvalue weighted by Crippen LogP contribution is 2.26. The maximum absolute atomic E-state index is 12.9. The van der Waals surface area contributed by atoms with Crippen LogP contribution in [0.25, 0.3) is 16.6 Å². The highest BCUT2D eigenvalue weighted by molar-refractivity contribution is 6.13. The maximum Gasteiger partial charge on any atom is 0.266 e. The summed E-state index contributed by atoms with van der Waals surface area (Å²) in [6.45, 7) is 0. The lowest BCUT2D eigenvalue weighted by molar-refractivity contribution is 0.103. The van der Waals surface area contributed by atoms with Crippen LogP contribution in [0.1, 0.15) is 16.2 Å². The van der Waals surface area contributed by atoms with E-state index in [1.54, 1.807) is 24.3 Å². The van der Waals surface area contributed by atoms with Crippen molar-refractivity contribution in [3.63, 3.8) is 0 Å². The molecule has 5 heteroatoms. The van der Waals surface area contributed by atoms with Crippen molar-refractivity contribution in [3.05, 3.63) is 64.2 Å². The molecule has 4 rings (SSSR count). The number of anilines is 1. The zero-order valence-electron chi connectivity index (χ0n) is 12.2. The summed E-state index contributed by atoms with van der Waals surface area (Å²) in [6, 6.07) is 12.6. The molecule has 5 nitrogen and oxygen atoms in total. The summed E-state index contributed by atoms with van der Waals surface area (Å²) in [4.78, 5) is 31.6. The van der Waals surface area contributed by atoms with Gasteiger partial charge in [0.25, 0.3) is 5.56 Å². The number of carbonyl (C=O) groups is 1. The molecule has 0 fully saturated rings. The van der Waals surface area contributed by atoms with Gasteiger partial charge in [-0.25, -0.2) is 4.98 Å². The lowest BCUT2D eigenvalue weighted by Gasteiger charge is -2.13. The topological polar surface area (TPSA) is 55.2 Å². The van der Waals surface area contributed by atoms with E-state index in [2.05, 4.69) is 4.98 Å². The molecule has 0 saturated heterocycles. The molecule has 0 unspecified atom stereocenters. The number of nitrogens with zero attached hydrogens (tertiary/aromatic N) is 3. The van der Waals surface area contributed by atoms with Gasteiger partial charge in [-0.3, -0.25) is 14.2 Å². The van der Waals surface area contributed by atoms with Crippen molar-refractivity contribution in [3.8, 4) is 5.69 Å². The maximum atomic E-state index is 12.9. The summed E-state index contributed by atoms with van der Waals surface area (Å²) in [5.74, 6) is -0.0115. The van der Waals surface area contributed by atoms with Gasteiger partial charge in [0.2, 0.25) is 5.78 Å². The Morgan fingerprint density at radius 3 is 2.59 bits per heavy atom. The molecule has 1 aliphatic heterocycles. The summed E-state index contributed by atoms with van der Waals surface area (Å²) < 4.78 is 1.42. The zero-order valence-corrected chi connectivity index (χ0v) is 12.2. The second-order valence-electron chi connectivity index (χ2n) is 5.52. The number of para-hydroxylation sites is 1. The van der Waals surface area contributed by atoms with E-state index in [0.717, 1.165) is 5.69 Å². The smallest absolute Gasteiger partial charge is 0.266 e. The number of rotatable bonds is 1. The van der Waals surface area contributed by atoms with Gasteiger partial charge in [0.15, 0.2) is 5.82 Å². The van der Waals surface area contributed by atoms with Gasteiger partial charge in [-0.1, -0.05) is 12.1 Å². The predicted molar refractivity (Wildman–Crippen MR) is 85.1 cm³/mol. The molecule has 0 bridgehead atoms. The molecular formula is C17H13N3O2. The third kappa shape index (κ3) is 1.56. The molecule has 0 atom stereocenters. The molecule has 0 saturated carbocycles. The monoisotopic (exact) mass is 291 g/mol. The predicted octanol–water partition coefficient (Wildman–Crippen LogP) is 2.00. The first-order valence-corrected chi connectivity index (χ1v) is 6.96. The first kappa shape index (κ1) is 12.8. The molecule has 1 aromatic heterocycles. The van der Waals surface area contributed by atoms with Gasteiger partial charge in [0.1, 0.15) is 0 Å².